The predicted octanol–water partition coefficient (Wildman–Crippen LogP) is 3.44. The van der Waals surface area contributed by atoms with Gasteiger partial charge < -0.3 is 14.8 Å². The number of nitrogens with zero attached hydrogens (tertiary/aromatic N) is 2. The molecule has 0 aliphatic rings. The first-order chi connectivity index (χ1) is 16.0. The molecular weight excluding hydrogens is 462 g/mol. The SMILES string of the molecule is COc1ccccc1CNC(=O)C(C)OC(=O)Cn1cnc2scc(-c3cccs3)c2c1=O. The second kappa shape index (κ2) is 9.97. The van der Waals surface area contributed by atoms with Crippen LogP contribution in [0.5, 0.6) is 5.75 Å². The molecule has 0 aliphatic heterocycles. The molecule has 1 N–H and O–H groups in total. The molecule has 1 aromatic carbocycles. The van der Waals surface area contributed by atoms with E-state index in [9.17, 15) is 14.4 Å². The van der Waals surface area contributed by atoms with E-state index in [0.29, 0.717) is 16.0 Å². The number of rotatable bonds is 8. The second-order valence-corrected chi connectivity index (χ2v) is 8.95. The number of esters is 1. The first-order valence-electron chi connectivity index (χ1n) is 10.1. The van der Waals surface area contributed by atoms with Gasteiger partial charge in [-0.1, -0.05) is 24.3 Å². The van der Waals surface area contributed by atoms with Crippen molar-refractivity contribution in [2.24, 2.45) is 0 Å². The van der Waals surface area contributed by atoms with Crippen molar-refractivity contribution in [3.63, 3.8) is 0 Å². The maximum atomic E-state index is 13.0. The molecule has 0 spiro atoms. The third-order valence-corrected chi connectivity index (χ3v) is 6.76. The van der Waals surface area contributed by atoms with Gasteiger partial charge in [-0.25, -0.2) is 4.98 Å². The summed E-state index contributed by atoms with van der Waals surface area (Å²) in [5.74, 6) is -0.501. The van der Waals surface area contributed by atoms with Crippen LogP contribution < -0.4 is 15.6 Å². The smallest absolute Gasteiger partial charge is 0.326 e. The largest absolute Gasteiger partial charge is 0.496 e. The van der Waals surface area contributed by atoms with E-state index in [2.05, 4.69) is 10.3 Å². The van der Waals surface area contributed by atoms with Gasteiger partial charge in [-0.05, 0) is 24.4 Å². The maximum absolute atomic E-state index is 13.0. The van der Waals surface area contributed by atoms with Gasteiger partial charge in [0.05, 0.1) is 18.8 Å². The Balaban J connectivity index is 1.41. The summed E-state index contributed by atoms with van der Waals surface area (Å²) in [5, 5.41) is 7.02. The Morgan fingerprint density at radius 2 is 2.00 bits per heavy atom. The number of thiophene rings is 2. The third kappa shape index (κ3) is 4.96. The van der Waals surface area contributed by atoms with Crippen molar-refractivity contribution in [3.05, 3.63) is 69.4 Å². The summed E-state index contributed by atoms with van der Waals surface area (Å²) in [6.07, 6.45) is 0.301. The predicted molar refractivity (Wildman–Crippen MR) is 128 cm³/mol. The van der Waals surface area contributed by atoms with Gasteiger partial charge >= 0.3 is 5.97 Å². The molecule has 0 fully saturated rings. The van der Waals surface area contributed by atoms with E-state index in [-0.39, 0.29) is 18.6 Å². The lowest BCUT2D eigenvalue weighted by Gasteiger charge is -2.15. The number of aromatic nitrogens is 2. The number of benzene rings is 1. The van der Waals surface area contributed by atoms with Crippen molar-refractivity contribution in [1.29, 1.82) is 0 Å². The Hall–Kier alpha value is -3.50. The van der Waals surface area contributed by atoms with Crippen molar-refractivity contribution in [2.45, 2.75) is 26.1 Å². The zero-order valence-electron chi connectivity index (χ0n) is 17.9. The summed E-state index contributed by atoms with van der Waals surface area (Å²) < 4.78 is 11.7. The Morgan fingerprint density at radius 3 is 2.76 bits per heavy atom. The number of carbonyl (C=O) groups is 2. The summed E-state index contributed by atoms with van der Waals surface area (Å²) in [5.41, 5.74) is 1.28. The topological polar surface area (TPSA) is 99.5 Å². The Labute approximate surface area is 197 Å². The van der Waals surface area contributed by atoms with Crippen LogP contribution >= 0.6 is 22.7 Å². The highest BCUT2D eigenvalue weighted by Gasteiger charge is 2.20. The highest BCUT2D eigenvalue weighted by Crippen LogP contribution is 2.33. The average Bonchev–Trinajstić information content (AvgIpc) is 3.49. The molecule has 0 saturated carbocycles. The molecule has 33 heavy (non-hydrogen) atoms. The summed E-state index contributed by atoms with van der Waals surface area (Å²) in [4.78, 5) is 43.7. The van der Waals surface area contributed by atoms with Gasteiger partial charge in [-0.3, -0.25) is 19.0 Å². The molecule has 3 heterocycles. The number of ether oxygens (including phenoxy) is 2. The minimum absolute atomic E-state index is 0.231. The zero-order chi connectivity index (χ0) is 23.4. The van der Waals surface area contributed by atoms with Crippen LogP contribution in [0.4, 0.5) is 0 Å². The van der Waals surface area contributed by atoms with E-state index in [1.165, 1.54) is 40.5 Å². The summed E-state index contributed by atoms with van der Waals surface area (Å²) >= 11 is 2.91. The molecule has 4 aromatic rings. The van der Waals surface area contributed by atoms with Gasteiger partial charge in [0, 0.05) is 27.9 Å². The number of amides is 1. The Morgan fingerprint density at radius 1 is 1.18 bits per heavy atom. The van der Waals surface area contributed by atoms with Gasteiger partial charge in [-0.15, -0.1) is 22.7 Å². The van der Waals surface area contributed by atoms with Crippen LogP contribution in [-0.4, -0.2) is 34.6 Å². The van der Waals surface area contributed by atoms with Gasteiger partial charge in [-0.2, -0.15) is 0 Å². The van der Waals surface area contributed by atoms with E-state index in [1.54, 1.807) is 13.2 Å². The molecule has 0 saturated heterocycles. The van der Waals surface area contributed by atoms with Gasteiger partial charge in [0.25, 0.3) is 11.5 Å². The molecule has 0 bridgehead atoms. The maximum Gasteiger partial charge on any atom is 0.326 e. The molecule has 1 unspecified atom stereocenters. The van der Waals surface area contributed by atoms with E-state index < -0.39 is 18.0 Å². The molecule has 0 aliphatic carbocycles. The van der Waals surface area contributed by atoms with Crippen molar-refractivity contribution >= 4 is 44.8 Å². The van der Waals surface area contributed by atoms with E-state index in [1.807, 2.05) is 41.1 Å². The normalized spacial score (nSPS) is 11.8. The van der Waals surface area contributed by atoms with E-state index in [4.69, 9.17) is 9.47 Å². The van der Waals surface area contributed by atoms with Crippen LogP contribution in [0.3, 0.4) is 0 Å². The second-order valence-electron chi connectivity index (χ2n) is 7.15. The van der Waals surface area contributed by atoms with Crippen molar-refractivity contribution in [2.75, 3.05) is 7.11 Å². The number of para-hydroxylation sites is 1. The zero-order valence-corrected chi connectivity index (χ0v) is 19.6. The number of carbonyl (C=O) groups excluding carboxylic acids is 2. The van der Waals surface area contributed by atoms with Crippen LogP contribution in [0.2, 0.25) is 0 Å². The lowest BCUT2D eigenvalue weighted by Crippen LogP contribution is -2.37. The van der Waals surface area contributed by atoms with E-state index in [0.717, 1.165) is 16.0 Å². The highest BCUT2D eigenvalue weighted by atomic mass is 32.1. The van der Waals surface area contributed by atoms with Crippen molar-refractivity contribution < 1.29 is 19.1 Å². The third-order valence-electron chi connectivity index (χ3n) is 4.97. The summed E-state index contributed by atoms with van der Waals surface area (Å²) in [7, 11) is 1.55. The van der Waals surface area contributed by atoms with Gasteiger partial charge in [0.15, 0.2) is 6.10 Å². The number of methoxy groups -OCH3 is 1. The number of hydrogen-bond acceptors (Lipinski definition) is 8. The molecule has 0 radical (unpaired) electrons. The van der Waals surface area contributed by atoms with Crippen LogP contribution in [0.15, 0.2) is 58.3 Å². The van der Waals surface area contributed by atoms with Crippen LogP contribution in [0.25, 0.3) is 20.7 Å². The fraction of sp³-hybridized carbons (Fsp3) is 0.217. The average molecular weight is 484 g/mol. The monoisotopic (exact) mass is 483 g/mol. The first kappa shape index (κ1) is 22.7. The number of fused-ring (bicyclic) bond motifs is 1. The fourth-order valence-electron chi connectivity index (χ4n) is 3.30. The number of hydrogen-bond donors (Lipinski definition) is 1. The standard InChI is InChI=1S/C23H21N3O5S2/c1-14(21(28)24-10-15-6-3-4-7-17(15)30-2)31-19(27)11-26-13-25-22-20(23(26)29)16(12-33-22)18-8-5-9-32-18/h3-9,12-14H,10-11H2,1-2H3,(H,24,28). The Kier molecular flexibility index (Phi) is 6.85. The summed E-state index contributed by atoms with van der Waals surface area (Å²) in [6.45, 7) is 1.37. The molecule has 1 atom stereocenters. The van der Waals surface area contributed by atoms with Gasteiger partial charge in [0.1, 0.15) is 17.1 Å². The van der Waals surface area contributed by atoms with Crippen molar-refractivity contribution in [1.82, 2.24) is 14.9 Å². The summed E-state index contributed by atoms with van der Waals surface area (Å²) in [6, 6.07) is 11.2. The van der Waals surface area contributed by atoms with Crippen LogP contribution in [0.1, 0.15) is 12.5 Å². The molecular formula is C23H21N3O5S2. The molecule has 3 aromatic heterocycles. The molecule has 170 valence electrons. The van der Waals surface area contributed by atoms with E-state index >= 15 is 0 Å². The quantitative estimate of drug-likeness (QED) is 0.386. The lowest BCUT2D eigenvalue weighted by molar-refractivity contribution is -0.155. The van der Waals surface area contributed by atoms with Crippen LogP contribution in [-0.2, 0) is 27.4 Å². The lowest BCUT2D eigenvalue weighted by atomic mass is 10.2. The first-order valence-corrected chi connectivity index (χ1v) is 11.8. The molecule has 1 amide bonds. The number of nitrogens with one attached hydrogen (secondary N) is 1. The minimum atomic E-state index is -1.03. The minimum Gasteiger partial charge on any atom is -0.496 e. The molecule has 10 heteroatoms. The van der Waals surface area contributed by atoms with Crippen molar-refractivity contribution in [3.8, 4) is 16.2 Å². The Bertz CT molecular complexity index is 1340. The molecule has 8 nitrogen and oxygen atoms in total. The van der Waals surface area contributed by atoms with Gasteiger partial charge in [0.2, 0.25) is 0 Å². The fourth-order valence-corrected chi connectivity index (χ4v) is 5.02. The molecule has 4 rings (SSSR count). The highest BCUT2D eigenvalue weighted by molar-refractivity contribution is 7.18. The van der Waals surface area contributed by atoms with Crippen LogP contribution in [0, 0.1) is 0 Å².